The first-order valence-corrected chi connectivity index (χ1v) is 15.5. The molecule has 1 amide bonds. The van der Waals surface area contributed by atoms with Crippen LogP contribution in [0.25, 0.3) is 0 Å². The lowest BCUT2D eigenvalue weighted by atomic mass is 10.2. The molecule has 2 aliphatic rings. The van der Waals surface area contributed by atoms with E-state index in [4.69, 9.17) is 37.4 Å². The SMILES string of the molecule is CCN(CC)c1ccc2c(c1)OC(=O)N(c1ccc(Cl)c(Cl)c1)P2(=Nc1cccc(C(F)(F)F)c1)N1CCOCC1. The Hall–Kier alpha value is -2.75. The van der Waals surface area contributed by atoms with E-state index in [1.54, 1.807) is 18.2 Å². The van der Waals surface area contributed by atoms with Gasteiger partial charge in [0.1, 0.15) is 5.75 Å². The van der Waals surface area contributed by atoms with Gasteiger partial charge in [0, 0.05) is 37.9 Å². The molecule has 3 aromatic carbocycles. The minimum absolute atomic E-state index is 0.0816. The number of hydrogen-bond acceptors (Lipinski definition) is 5. The van der Waals surface area contributed by atoms with E-state index in [2.05, 4.69) is 4.90 Å². The molecule has 0 aromatic heterocycles. The zero-order chi connectivity index (χ0) is 29.4. The fourth-order valence-corrected chi connectivity index (χ4v) is 8.99. The van der Waals surface area contributed by atoms with Crippen LogP contribution in [0.2, 0.25) is 10.0 Å². The lowest BCUT2D eigenvalue weighted by Gasteiger charge is -2.47. The molecule has 41 heavy (non-hydrogen) atoms. The van der Waals surface area contributed by atoms with Gasteiger partial charge in [0.2, 0.25) is 0 Å². The van der Waals surface area contributed by atoms with Crippen LogP contribution in [0.5, 0.6) is 5.75 Å². The summed E-state index contributed by atoms with van der Waals surface area (Å²) in [5.41, 5.74) is 0.455. The number of carbonyl (C=O) groups excluding carboxylic acids is 1. The average Bonchev–Trinajstić information content (AvgIpc) is 2.95. The summed E-state index contributed by atoms with van der Waals surface area (Å²) in [7, 11) is -3.39. The highest BCUT2D eigenvalue weighted by molar-refractivity contribution is 7.74. The maximum absolute atomic E-state index is 14.0. The summed E-state index contributed by atoms with van der Waals surface area (Å²) in [5, 5.41) is 1.09. The molecule has 0 saturated carbocycles. The largest absolute Gasteiger partial charge is 0.425 e. The van der Waals surface area contributed by atoms with Gasteiger partial charge in [-0.2, -0.15) is 13.2 Å². The van der Waals surface area contributed by atoms with Gasteiger partial charge < -0.3 is 14.4 Å². The minimum Gasteiger partial charge on any atom is -0.409 e. The van der Waals surface area contributed by atoms with Crippen molar-refractivity contribution in [3.8, 4) is 5.75 Å². The van der Waals surface area contributed by atoms with Crippen LogP contribution in [0, 0.1) is 0 Å². The predicted octanol–water partition coefficient (Wildman–Crippen LogP) is 8.20. The molecule has 0 aliphatic carbocycles. The summed E-state index contributed by atoms with van der Waals surface area (Å²) in [6.07, 6.45) is -5.29. The molecule has 218 valence electrons. The van der Waals surface area contributed by atoms with Crippen LogP contribution in [0.15, 0.2) is 65.4 Å². The van der Waals surface area contributed by atoms with Crippen molar-refractivity contribution < 1.29 is 27.4 Å². The van der Waals surface area contributed by atoms with Gasteiger partial charge in [0.05, 0.1) is 45.5 Å². The van der Waals surface area contributed by atoms with Crippen LogP contribution < -0.4 is 19.6 Å². The standard InChI is InChI=1S/C28H28Cl2F3N4O3P/c1-3-35(4-2)21-9-11-26-25(18-21)40-27(38)37(22-8-10-23(29)24(30)17-22)41(26,36-12-14-39-15-13-36)34-20-7-5-6-19(16-20)28(31,32)33/h5-11,16-18H,3-4,12-15H2,1-2H3. The van der Waals surface area contributed by atoms with Gasteiger partial charge in [0.15, 0.2) is 7.36 Å². The number of benzene rings is 3. The van der Waals surface area contributed by atoms with Gasteiger partial charge in [-0.1, -0.05) is 29.3 Å². The number of anilines is 2. The number of morpholine rings is 1. The van der Waals surface area contributed by atoms with Gasteiger partial charge >= 0.3 is 12.3 Å². The normalized spacial score (nSPS) is 19.5. The predicted molar refractivity (Wildman–Crippen MR) is 157 cm³/mol. The van der Waals surface area contributed by atoms with Crippen molar-refractivity contribution in [2.24, 2.45) is 4.74 Å². The highest BCUT2D eigenvalue weighted by atomic mass is 35.5. The molecular weight excluding hydrogens is 599 g/mol. The summed E-state index contributed by atoms with van der Waals surface area (Å²) >= 11 is 12.6. The molecule has 1 atom stereocenters. The van der Waals surface area contributed by atoms with Crippen LogP contribution in [0.1, 0.15) is 19.4 Å². The van der Waals surface area contributed by atoms with E-state index in [0.717, 1.165) is 30.9 Å². The highest BCUT2D eigenvalue weighted by Gasteiger charge is 2.48. The number of nitrogens with zero attached hydrogens (tertiary/aromatic N) is 4. The third-order valence-corrected chi connectivity index (χ3v) is 11.4. The van der Waals surface area contributed by atoms with Crippen LogP contribution in [-0.2, 0) is 10.9 Å². The number of alkyl halides is 3. The molecule has 2 heterocycles. The van der Waals surface area contributed by atoms with Crippen LogP contribution in [0.3, 0.4) is 0 Å². The van der Waals surface area contributed by atoms with E-state index >= 15 is 0 Å². The summed E-state index contributed by atoms with van der Waals surface area (Å²) in [6, 6.07) is 15.1. The van der Waals surface area contributed by atoms with E-state index in [9.17, 15) is 18.0 Å². The summed E-state index contributed by atoms with van der Waals surface area (Å²) in [6.45, 7) is 7.00. The topological polar surface area (TPSA) is 57.6 Å². The molecule has 1 fully saturated rings. The molecule has 1 unspecified atom stereocenters. The first-order chi connectivity index (χ1) is 19.6. The van der Waals surface area contributed by atoms with E-state index in [1.807, 2.05) is 30.7 Å². The zero-order valence-corrected chi connectivity index (χ0v) is 24.8. The average molecular weight is 627 g/mol. The Labute approximate surface area is 246 Å². The first kappa shape index (κ1) is 29.7. The maximum atomic E-state index is 14.0. The molecule has 13 heteroatoms. The smallest absolute Gasteiger partial charge is 0.409 e. The molecular formula is C28H28Cl2F3N4O3P. The van der Waals surface area contributed by atoms with Crippen molar-refractivity contribution >= 4 is 59.0 Å². The van der Waals surface area contributed by atoms with Crippen molar-refractivity contribution in [3.63, 3.8) is 0 Å². The fourth-order valence-electron chi connectivity index (χ4n) is 5.04. The van der Waals surface area contributed by atoms with Gasteiger partial charge in [-0.15, -0.1) is 0 Å². The van der Waals surface area contributed by atoms with Gasteiger partial charge in [0.25, 0.3) is 0 Å². The number of hydrogen-bond donors (Lipinski definition) is 0. The maximum Gasteiger partial charge on any atom is 0.425 e. The molecule has 7 nitrogen and oxygen atoms in total. The Balaban J connectivity index is 1.86. The Morgan fingerprint density at radius 3 is 2.37 bits per heavy atom. The van der Waals surface area contributed by atoms with Gasteiger partial charge in [-0.05, 0) is 62.4 Å². The number of rotatable bonds is 6. The van der Waals surface area contributed by atoms with Crippen LogP contribution in [-0.4, -0.2) is 50.2 Å². The number of amides is 1. The molecule has 0 bridgehead atoms. The van der Waals surface area contributed by atoms with Crippen molar-refractivity contribution in [1.29, 1.82) is 0 Å². The summed E-state index contributed by atoms with van der Waals surface area (Å²) < 4.78 is 61.3. The Morgan fingerprint density at radius 1 is 0.976 bits per heavy atom. The van der Waals surface area contributed by atoms with E-state index in [-0.39, 0.29) is 15.7 Å². The second-order valence-corrected chi connectivity index (χ2v) is 13.0. The van der Waals surface area contributed by atoms with Crippen molar-refractivity contribution in [1.82, 2.24) is 4.67 Å². The molecule has 0 radical (unpaired) electrons. The zero-order valence-electron chi connectivity index (χ0n) is 22.4. The number of ether oxygens (including phenoxy) is 2. The third kappa shape index (κ3) is 5.68. The summed E-state index contributed by atoms with van der Waals surface area (Å²) in [5.74, 6) is 0.311. The second-order valence-electron chi connectivity index (χ2n) is 9.38. The van der Waals surface area contributed by atoms with Crippen molar-refractivity contribution in [2.75, 3.05) is 49.0 Å². The quantitative estimate of drug-likeness (QED) is 0.258. The summed E-state index contributed by atoms with van der Waals surface area (Å²) in [4.78, 5) is 16.1. The Morgan fingerprint density at radius 2 is 1.71 bits per heavy atom. The molecule has 5 rings (SSSR count). The number of halogens is 5. The molecule has 3 aromatic rings. The fraction of sp³-hybridized carbons (Fsp3) is 0.321. The number of carbonyl (C=O) groups is 1. The highest BCUT2D eigenvalue weighted by Crippen LogP contribution is 2.63. The van der Waals surface area contributed by atoms with Crippen molar-refractivity contribution in [2.45, 2.75) is 20.0 Å². The molecule has 1 saturated heterocycles. The molecule has 0 spiro atoms. The van der Waals surface area contributed by atoms with Gasteiger partial charge in [-0.3, -0.25) is 0 Å². The Bertz CT molecular complexity index is 1510. The second kappa shape index (κ2) is 11.9. The first-order valence-electron chi connectivity index (χ1n) is 13.1. The van der Waals surface area contributed by atoms with Crippen LogP contribution in [0.4, 0.5) is 35.0 Å². The minimum atomic E-state index is -4.57. The monoisotopic (exact) mass is 626 g/mol. The van der Waals surface area contributed by atoms with E-state index in [0.29, 0.717) is 43.0 Å². The van der Waals surface area contributed by atoms with Crippen LogP contribution >= 0.6 is 30.6 Å². The van der Waals surface area contributed by atoms with E-state index < -0.39 is 25.2 Å². The molecule has 0 N–H and O–H groups in total. The Kier molecular flexibility index (Phi) is 8.60. The van der Waals surface area contributed by atoms with E-state index in [1.165, 1.54) is 22.9 Å². The van der Waals surface area contributed by atoms with Gasteiger partial charge in [-0.25, -0.2) is 18.9 Å². The lowest BCUT2D eigenvalue weighted by molar-refractivity contribution is -0.137. The molecule has 2 aliphatic heterocycles. The lowest BCUT2D eigenvalue weighted by Crippen LogP contribution is -2.49. The van der Waals surface area contributed by atoms with Crippen molar-refractivity contribution in [3.05, 3.63) is 76.3 Å². The third-order valence-electron chi connectivity index (χ3n) is 7.00. The number of fused-ring (bicyclic) bond motifs is 1.